The Hall–Kier alpha value is -1.60. The SMILES string of the molecule is COc1cc(CNCC(O)CN2CCCC2)cc(Br)c1OCc1ccccc1. The Balaban J connectivity index is 1.53. The molecule has 6 heteroatoms. The molecule has 2 aromatic rings. The van der Waals surface area contributed by atoms with E-state index in [0.29, 0.717) is 31.2 Å². The topological polar surface area (TPSA) is 54.0 Å². The summed E-state index contributed by atoms with van der Waals surface area (Å²) in [7, 11) is 1.65. The molecule has 0 aromatic heterocycles. The maximum absolute atomic E-state index is 10.2. The van der Waals surface area contributed by atoms with Crippen LogP contribution in [0.5, 0.6) is 11.5 Å². The molecule has 1 atom stereocenters. The molecule has 1 saturated heterocycles. The molecule has 0 saturated carbocycles. The molecule has 3 rings (SSSR count). The molecule has 1 aliphatic rings. The fourth-order valence-corrected chi connectivity index (χ4v) is 4.06. The number of nitrogens with zero attached hydrogens (tertiary/aromatic N) is 1. The molecule has 1 fully saturated rings. The summed E-state index contributed by atoms with van der Waals surface area (Å²) in [5.41, 5.74) is 2.18. The lowest BCUT2D eigenvalue weighted by Crippen LogP contribution is -2.36. The summed E-state index contributed by atoms with van der Waals surface area (Å²) in [6.07, 6.45) is 2.14. The van der Waals surface area contributed by atoms with Crippen LogP contribution in [-0.2, 0) is 13.2 Å². The summed E-state index contributed by atoms with van der Waals surface area (Å²) < 4.78 is 12.4. The maximum atomic E-state index is 10.2. The van der Waals surface area contributed by atoms with Crippen LogP contribution in [-0.4, -0.2) is 49.4 Å². The highest BCUT2D eigenvalue weighted by molar-refractivity contribution is 9.10. The Morgan fingerprint density at radius 1 is 1.14 bits per heavy atom. The van der Waals surface area contributed by atoms with Gasteiger partial charge in [0, 0.05) is 19.6 Å². The van der Waals surface area contributed by atoms with Crippen LogP contribution in [0.1, 0.15) is 24.0 Å². The van der Waals surface area contributed by atoms with Crippen LogP contribution in [0.4, 0.5) is 0 Å². The third kappa shape index (κ3) is 6.21. The number of likely N-dealkylation sites (tertiary alicyclic amines) is 1. The fraction of sp³-hybridized carbons (Fsp3) is 0.455. The predicted octanol–water partition coefficient (Wildman–Crippen LogP) is 3.58. The fourth-order valence-electron chi connectivity index (χ4n) is 3.46. The second-order valence-corrected chi connectivity index (χ2v) is 8.03. The van der Waals surface area contributed by atoms with Crippen LogP contribution in [0.25, 0.3) is 0 Å². The van der Waals surface area contributed by atoms with E-state index in [1.54, 1.807) is 7.11 Å². The Bertz CT molecular complexity index is 736. The van der Waals surface area contributed by atoms with E-state index in [4.69, 9.17) is 9.47 Å². The van der Waals surface area contributed by atoms with Gasteiger partial charge in [0.25, 0.3) is 0 Å². The van der Waals surface area contributed by atoms with Crippen LogP contribution >= 0.6 is 15.9 Å². The summed E-state index contributed by atoms with van der Waals surface area (Å²) in [4.78, 5) is 2.32. The minimum Gasteiger partial charge on any atom is -0.493 e. The zero-order valence-electron chi connectivity index (χ0n) is 16.4. The molecule has 5 nitrogen and oxygen atoms in total. The minimum absolute atomic E-state index is 0.350. The molecular weight excluding hydrogens is 420 g/mol. The van der Waals surface area contributed by atoms with Crippen molar-refractivity contribution in [3.8, 4) is 11.5 Å². The number of benzene rings is 2. The van der Waals surface area contributed by atoms with Gasteiger partial charge in [0.15, 0.2) is 11.5 Å². The normalized spacial score (nSPS) is 15.5. The lowest BCUT2D eigenvalue weighted by atomic mass is 10.2. The predicted molar refractivity (Wildman–Crippen MR) is 115 cm³/mol. The molecule has 1 heterocycles. The van der Waals surface area contributed by atoms with E-state index in [2.05, 4.69) is 26.1 Å². The van der Waals surface area contributed by atoms with E-state index < -0.39 is 0 Å². The summed E-state index contributed by atoms with van der Waals surface area (Å²) in [5, 5.41) is 13.5. The van der Waals surface area contributed by atoms with Gasteiger partial charge >= 0.3 is 0 Å². The summed E-state index contributed by atoms with van der Waals surface area (Å²) >= 11 is 3.60. The third-order valence-electron chi connectivity index (χ3n) is 4.89. The van der Waals surface area contributed by atoms with E-state index in [-0.39, 0.29) is 6.10 Å². The van der Waals surface area contributed by atoms with Gasteiger partial charge in [-0.15, -0.1) is 0 Å². The largest absolute Gasteiger partial charge is 0.493 e. The van der Waals surface area contributed by atoms with Gasteiger partial charge in [0.05, 0.1) is 17.7 Å². The highest BCUT2D eigenvalue weighted by atomic mass is 79.9. The van der Waals surface area contributed by atoms with Crippen molar-refractivity contribution in [2.75, 3.05) is 33.3 Å². The van der Waals surface area contributed by atoms with Crippen molar-refractivity contribution in [3.63, 3.8) is 0 Å². The number of aliphatic hydroxyl groups is 1. The highest BCUT2D eigenvalue weighted by Crippen LogP contribution is 2.37. The number of hydrogen-bond donors (Lipinski definition) is 2. The van der Waals surface area contributed by atoms with E-state index in [0.717, 1.165) is 35.2 Å². The van der Waals surface area contributed by atoms with Gasteiger partial charge in [-0.25, -0.2) is 0 Å². The van der Waals surface area contributed by atoms with Crippen LogP contribution < -0.4 is 14.8 Å². The first-order valence-corrected chi connectivity index (χ1v) is 10.6. The Labute approximate surface area is 175 Å². The van der Waals surface area contributed by atoms with Crippen LogP contribution in [0.15, 0.2) is 46.9 Å². The lowest BCUT2D eigenvalue weighted by molar-refractivity contribution is 0.123. The number of halogens is 1. The van der Waals surface area contributed by atoms with E-state index in [1.165, 1.54) is 12.8 Å². The number of nitrogens with one attached hydrogen (secondary N) is 1. The number of hydrogen-bond acceptors (Lipinski definition) is 5. The Morgan fingerprint density at radius 3 is 2.61 bits per heavy atom. The molecule has 0 radical (unpaired) electrons. The number of aliphatic hydroxyl groups excluding tert-OH is 1. The molecule has 28 heavy (non-hydrogen) atoms. The number of ether oxygens (including phenoxy) is 2. The van der Waals surface area contributed by atoms with E-state index >= 15 is 0 Å². The number of rotatable bonds is 10. The number of methoxy groups -OCH3 is 1. The van der Waals surface area contributed by atoms with E-state index in [1.807, 2.05) is 42.5 Å². The van der Waals surface area contributed by atoms with Gasteiger partial charge in [-0.2, -0.15) is 0 Å². The first kappa shape index (κ1) is 21.1. The molecule has 0 aliphatic carbocycles. The van der Waals surface area contributed by atoms with Crippen LogP contribution in [0.2, 0.25) is 0 Å². The van der Waals surface area contributed by atoms with Crippen molar-refractivity contribution in [1.29, 1.82) is 0 Å². The first-order chi connectivity index (χ1) is 13.7. The third-order valence-corrected chi connectivity index (χ3v) is 5.48. The van der Waals surface area contributed by atoms with Crippen molar-refractivity contribution in [2.24, 2.45) is 0 Å². The Morgan fingerprint density at radius 2 is 1.89 bits per heavy atom. The molecule has 0 bridgehead atoms. The molecule has 1 aliphatic heterocycles. The zero-order valence-corrected chi connectivity index (χ0v) is 18.0. The minimum atomic E-state index is -0.350. The molecule has 1 unspecified atom stereocenters. The molecule has 2 aromatic carbocycles. The number of β-amino-alcohol motifs (C(OH)–C–C–N with tert-alkyl or cyclic N) is 1. The summed E-state index contributed by atoms with van der Waals surface area (Å²) in [6, 6.07) is 14.1. The second kappa shape index (κ2) is 10.8. The van der Waals surface area contributed by atoms with Gasteiger partial charge in [-0.3, -0.25) is 0 Å². The molecule has 152 valence electrons. The van der Waals surface area contributed by atoms with Gasteiger partial charge in [-0.05, 0) is 65.1 Å². The van der Waals surface area contributed by atoms with E-state index in [9.17, 15) is 5.11 Å². The molecule has 0 spiro atoms. The van der Waals surface area contributed by atoms with Crippen molar-refractivity contribution in [3.05, 3.63) is 58.1 Å². The van der Waals surface area contributed by atoms with Crippen molar-refractivity contribution >= 4 is 15.9 Å². The smallest absolute Gasteiger partial charge is 0.175 e. The second-order valence-electron chi connectivity index (χ2n) is 7.18. The standard InChI is InChI=1S/C22H29BrN2O3/c1-27-21-12-18(13-24-14-19(26)15-25-9-5-6-10-25)11-20(23)22(21)28-16-17-7-3-2-4-8-17/h2-4,7-8,11-12,19,24,26H,5-6,9-10,13-16H2,1H3. The first-order valence-electron chi connectivity index (χ1n) is 9.80. The van der Waals surface area contributed by atoms with Crippen molar-refractivity contribution < 1.29 is 14.6 Å². The highest BCUT2D eigenvalue weighted by Gasteiger charge is 2.16. The summed E-state index contributed by atoms with van der Waals surface area (Å²) in [6.45, 7) is 4.66. The van der Waals surface area contributed by atoms with Crippen molar-refractivity contribution in [1.82, 2.24) is 10.2 Å². The molecule has 0 amide bonds. The monoisotopic (exact) mass is 448 g/mol. The van der Waals surface area contributed by atoms with Gasteiger partial charge in [-0.1, -0.05) is 30.3 Å². The van der Waals surface area contributed by atoms with Crippen LogP contribution in [0.3, 0.4) is 0 Å². The van der Waals surface area contributed by atoms with Gasteiger partial charge in [0.1, 0.15) is 6.61 Å². The average Bonchev–Trinajstić information content (AvgIpc) is 3.20. The Kier molecular flexibility index (Phi) is 8.15. The van der Waals surface area contributed by atoms with Crippen LogP contribution in [0, 0.1) is 0 Å². The quantitative estimate of drug-likeness (QED) is 0.581. The molecular formula is C22H29BrN2O3. The lowest BCUT2D eigenvalue weighted by Gasteiger charge is -2.20. The zero-order chi connectivity index (χ0) is 19.8. The van der Waals surface area contributed by atoms with Crippen molar-refractivity contribution in [2.45, 2.75) is 32.1 Å². The average molecular weight is 449 g/mol. The van der Waals surface area contributed by atoms with Gasteiger partial charge < -0.3 is 24.8 Å². The molecule has 2 N–H and O–H groups in total. The van der Waals surface area contributed by atoms with Gasteiger partial charge in [0.2, 0.25) is 0 Å². The summed E-state index contributed by atoms with van der Waals surface area (Å²) in [5.74, 6) is 1.39. The maximum Gasteiger partial charge on any atom is 0.175 e.